The third-order valence-corrected chi connectivity index (χ3v) is 5.46. The lowest BCUT2D eigenvalue weighted by molar-refractivity contribution is 0.709. The van der Waals surface area contributed by atoms with E-state index in [9.17, 15) is 0 Å². The van der Waals surface area contributed by atoms with Crippen molar-refractivity contribution < 1.29 is 0 Å². The summed E-state index contributed by atoms with van der Waals surface area (Å²) in [6.07, 6.45) is 0.869. The fraction of sp³-hybridized carbons (Fsp3) is 0.0690. The standard InChI is InChI=1S/C29H22N2/c1-4-10-23(11-5-1)16-17-24-18-20-25(21-19-24)28-22-29(26-12-6-2-7-13-26)31(30-28)27-14-8-3-9-15-27/h1-15,18-21,29H,22H2. The topological polar surface area (TPSA) is 15.6 Å². The molecule has 4 aromatic rings. The molecule has 0 bridgehead atoms. The van der Waals surface area contributed by atoms with Gasteiger partial charge < -0.3 is 0 Å². The Morgan fingerprint density at radius 1 is 0.613 bits per heavy atom. The second-order valence-electron chi connectivity index (χ2n) is 7.55. The molecule has 4 aromatic carbocycles. The quantitative estimate of drug-likeness (QED) is 0.363. The number of nitrogens with zero attached hydrogens (tertiary/aromatic N) is 2. The van der Waals surface area contributed by atoms with Gasteiger partial charge in [-0.2, -0.15) is 5.10 Å². The van der Waals surface area contributed by atoms with E-state index in [1.54, 1.807) is 0 Å². The Bertz CT molecular complexity index is 1230. The molecule has 2 nitrogen and oxygen atoms in total. The molecule has 5 rings (SSSR count). The minimum absolute atomic E-state index is 0.191. The number of hydrazone groups is 1. The van der Waals surface area contributed by atoms with Gasteiger partial charge in [0.25, 0.3) is 0 Å². The van der Waals surface area contributed by atoms with Crippen LogP contribution in [0.15, 0.2) is 120 Å². The molecular formula is C29H22N2. The van der Waals surface area contributed by atoms with Gasteiger partial charge in [0.05, 0.1) is 17.4 Å². The molecule has 0 fully saturated rings. The van der Waals surface area contributed by atoms with Gasteiger partial charge in [-0.15, -0.1) is 0 Å². The second kappa shape index (κ2) is 8.73. The van der Waals surface area contributed by atoms with Crippen LogP contribution in [0.2, 0.25) is 0 Å². The summed E-state index contributed by atoms with van der Waals surface area (Å²) in [6.45, 7) is 0. The lowest BCUT2D eigenvalue weighted by atomic mass is 9.97. The number of para-hydroxylation sites is 1. The summed E-state index contributed by atoms with van der Waals surface area (Å²) in [5, 5.41) is 7.17. The lowest BCUT2D eigenvalue weighted by Gasteiger charge is -2.23. The predicted octanol–water partition coefficient (Wildman–Crippen LogP) is 6.44. The van der Waals surface area contributed by atoms with Crippen molar-refractivity contribution in [3.63, 3.8) is 0 Å². The van der Waals surface area contributed by atoms with Crippen LogP contribution in [-0.2, 0) is 0 Å². The van der Waals surface area contributed by atoms with E-state index in [4.69, 9.17) is 5.10 Å². The molecule has 0 saturated carbocycles. The molecule has 0 aliphatic carbocycles. The summed E-state index contributed by atoms with van der Waals surface area (Å²) in [4.78, 5) is 0. The van der Waals surface area contributed by atoms with Gasteiger partial charge in [-0.05, 0) is 47.5 Å². The van der Waals surface area contributed by atoms with Gasteiger partial charge >= 0.3 is 0 Å². The Morgan fingerprint density at radius 3 is 1.81 bits per heavy atom. The molecule has 1 aliphatic heterocycles. The maximum Gasteiger partial charge on any atom is 0.0831 e. The average Bonchev–Trinajstić information content (AvgIpc) is 3.30. The van der Waals surface area contributed by atoms with Crippen LogP contribution in [0.4, 0.5) is 5.69 Å². The third kappa shape index (κ3) is 4.27. The highest BCUT2D eigenvalue weighted by molar-refractivity contribution is 6.03. The van der Waals surface area contributed by atoms with E-state index >= 15 is 0 Å². The normalized spacial score (nSPS) is 15.2. The maximum absolute atomic E-state index is 5.02. The molecule has 0 aromatic heterocycles. The molecule has 0 saturated heterocycles. The summed E-state index contributed by atoms with van der Waals surface area (Å²) in [7, 11) is 0. The number of hydrogen-bond donors (Lipinski definition) is 0. The first kappa shape index (κ1) is 18.9. The fourth-order valence-electron chi connectivity index (χ4n) is 3.85. The summed E-state index contributed by atoms with van der Waals surface area (Å²) >= 11 is 0. The highest BCUT2D eigenvalue weighted by atomic mass is 15.5. The molecule has 0 radical (unpaired) electrons. The predicted molar refractivity (Wildman–Crippen MR) is 128 cm³/mol. The molecule has 1 aliphatic rings. The molecular weight excluding hydrogens is 376 g/mol. The van der Waals surface area contributed by atoms with E-state index in [0.717, 1.165) is 34.5 Å². The highest BCUT2D eigenvalue weighted by Gasteiger charge is 2.29. The van der Waals surface area contributed by atoms with Crippen molar-refractivity contribution in [3.8, 4) is 11.8 Å². The molecule has 148 valence electrons. The first-order valence-corrected chi connectivity index (χ1v) is 10.5. The first-order chi connectivity index (χ1) is 15.4. The molecule has 1 heterocycles. The lowest BCUT2D eigenvalue weighted by Crippen LogP contribution is -2.18. The smallest absolute Gasteiger partial charge is 0.0831 e. The van der Waals surface area contributed by atoms with Crippen molar-refractivity contribution in [2.75, 3.05) is 5.01 Å². The number of benzene rings is 4. The van der Waals surface area contributed by atoms with Crippen molar-refractivity contribution >= 4 is 11.4 Å². The van der Waals surface area contributed by atoms with E-state index < -0.39 is 0 Å². The summed E-state index contributed by atoms with van der Waals surface area (Å²) in [6, 6.07) is 39.7. The zero-order valence-electron chi connectivity index (χ0n) is 17.1. The Labute approximate surface area is 183 Å². The van der Waals surface area contributed by atoms with Crippen LogP contribution in [-0.4, -0.2) is 5.71 Å². The Balaban J connectivity index is 1.42. The fourth-order valence-corrected chi connectivity index (χ4v) is 3.85. The van der Waals surface area contributed by atoms with Gasteiger partial charge in [0.15, 0.2) is 0 Å². The van der Waals surface area contributed by atoms with E-state index in [0.29, 0.717) is 0 Å². The zero-order chi connectivity index (χ0) is 20.9. The van der Waals surface area contributed by atoms with Crippen molar-refractivity contribution in [3.05, 3.63) is 138 Å². The van der Waals surface area contributed by atoms with Gasteiger partial charge in [-0.25, -0.2) is 0 Å². The van der Waals surface area contributed by atoms with E-state index in [-0.39, 0.29) is 6.04 Å². The van der Waals surface area contributed by atoms with Crippen molar-refractivity contribution in [1.29, 1.82) is 0 Å². The Hall–Kier alpha value is -4.09. The van der Waals surface area contributed by atoms with Crippen LogP contribution >= 0.6 is 0 Å². The van der Waals surface area contributed by atoms with Gasteiger partial charge in [0, 0.05) is 17.5 Å². The average molecular weight is 399 g/mol. The maximum atomic E-state index is 5.02. The molecule has 31 heavy (non-hydrogen) atoms. The second-order valence-corrected chi connectivity index (χ2v) is 7.55. The molecule has 0 spiro atoms. The van der Waals surface area contributed by atoms with Gasteiger partial charge in [0.2, 0.25) is 0 Å². The SMILES string of the molecule is C(#Cc1ccc(C2=NN(c3ccccc3)C(c3ccccc3)C2)cc1)c1ccccc1. The van der Waals surface area contributed by atoms with Crippen molar-refractivity contribution in [2.24, 2.45) is 5.10 Å². The van der Waals surface area contributed by atoms with Gasteiger partial charge in [-0.3, -0.25) is 5.01 Å². The van der Waals surface area contributed by atoms with Crippen molar-refractivity contribution in [1.82, 2.24) is 0 Å². The van der Waals surface area contributed by atoms with Gasteiger partial charge in [0.1, 0.15) is 0 Å². The number of hydrogen-bond acceptors (Lipinski definition) is 2. The van der Waals surface area contributed by atoms with Crippen LogP contribution < -0.4 is 5.01 Å². The van der Waals surface area contributed by atoms with E-state index in [2.05, 4.69) is 95.7 Å². The largest absolute Gasteiger partial charge is 0.257 e. The van der Waals surface area contributed by atoms with Gasteiger partial charge in [-0.1, -0.05) is 90.7 Å². The zero-order valence-corrected chi connectivity index (χ0v) is 17.1. The van der Waals surface area contributed by atoms with Crippen LogP contribution in [0.1, 0.15) is 34.7 Å². The monoisotopic (exact) mass is 398 g/mol. The summed E-state index contributed by atoms with van der Waals surface area (Å²) < 4.78 is 0. The third-order valence-electron chi connectivity index (χ3n) is 5.46. The van der Waals surface area contributed by atoms with E-state index in [1.807, 2.05) is 36.4 Å². The minimum Gasteiger partial charge on any atom is -0.257 e. The van der Waals surface area contributed by atoms with Crippen LogP contribution in [0, 0.1) is 11.8 Å². The highest BCUT2D eigenvalue weighted by Crippen LogP contribution is 2.36. The van der Waals surface area contributed by atoms with E-state index in [1.165, 1.54) is 5.56 Å². The van der Waals surface area contributed by atoms with Crippen molar-refractivity contribution in [2.45, 2.75) is 12.5 Å². The minimum atomic E-state index is 0.191. The summed E-state index contributed by atoms with van der Waals surface area (Å²) in [5.41, 5.74) is 6.65. The van der Waals surface area contributed by atoms with Crippen LogP contribution in [0.3, 0.4) is 0 Å². The van der Waals surface area contributed by atoms with Crippen LogP contribution in [0.5, 0.6) is 0 Å². The molecule has 1 atom stereocenters. The molecule has 0 N–H and O–H groups in total. The Morgan fingerprint density at radius 2 is 1.16 bits per heavy atom. The summed E-state index contributed by atoms with van der Waals surface area (Å²) in [5.74, 6) is 6.47. The number of rotatable bonds is 3. The molecule has 0 amide bonds. The first-order valence-electron chi connectivity index (χ1n) is 10.5. The molecule has 2 heteroatoms. The number of anilines is 1. The molecule has 1 unspecified atom stereocenters. The van der Waals surface area contributed by atoms with Crippen LogP contribution in [0.25, 0.3) is 0 Å². The Kier molecular flexibility index (Phi) is 5.33.